The van der Waals surface area contributed by atoms with Crippen molar-refractivity contribution in [1.29, 1.82) is 0 Å². The van der Waals surface area contributed by atoms with Crippen molar-refractivity contribution in [2.45, 2.75) is 45.6 Å². The average Bonchev–Trinajstić information content (AvgIpc) is 2.84. The molecular formula is C26H29N3O7. The molecule has 0 fully saturated rings. The van der Waals surface area contributed by atoms with Crippen molar-refractivity contribution in [3.05, 3.63) is 63.5 Å². The lowest BCUT2D eigenvalue weighted by molar-refractivity contribution is -0.137. The van der Waals surface area contributed by atoms with Gasteiger partial charge in [-0.2, -0.15) is 0 Å². The van der Waals surface area contributed by atoms with Gasteiger partial charge in [0.1, 0.15) is 16.9 Å². The predicted octanol–water partition coefficient (Wildman–Crippen LogP) is 3.45. The molecule has 0 aliphatic carbocycles. The molecule has 3 rings (SSSR count). The molecule has 10 nitrogen and oxygen atoms in total. The molecule has 1 heterocycles. The number of fused-ring (bicyclic) bond motifs is 1. The molecule has 36 heavy (non-hydrogen) atoms. The Hall–Kier alpha value is -4.18. The lowest BCUT2D eigenvalue weighted by atomic mass is 10.0. The summed E-state index contributed by atoms with van der Waals surface area (Å²) in [4.78, 5) is 48.4. The van der Waals surface area contributed by atoms with Crippen LogP contribution in [-0.4, -0.2) is 36.0 Å². The van der Waals surface area contributed by atoms with E-state index in [-0.39, 0.29) is 18.4 Å². The van der Waals surface area contributed by atoms with E-state index in [1.165, 1.54) is 6.07 Å². The van der Waals surface area contributed by atoms with Gasteiger partial charge in [-0.15, -0.1) is 0 Å². The summed E-state index contributed by atoms with van der Waals surface area (Å²) in [7, 11) is 1.55. The van der Waals surface area contributed by atoms with Gasteiger partial charge >= 0.3 is 11.6 Å². The van der Waals surface area contributed by atoms with Crippen molar-refractivity contribution in [1.82, 2.24) is 0 Å². The normalized spacial score (nSPS) is 11.7. The highest BCUT2D eigenvalue weighted by Crippen LogP contribution is 2.29. The first-order chi connectivity index (χ1) is 17.1. The Labute approximate surface area is 207 Å². The minimum atomic E-state index is -1.03. The molecule has 0 saturated heterocycles. The molecule has 0 radical (unpaired) electrons. The number of carbonyl (C=O) groups is 3. The molecule has 0 saturated carbocycles. The Kier molecular flexibility index (Phi) is 8.44. The summed E-state index contributed by atoms with van der Waals surface area (Å²) < 4.78 is 10.9. The fraction of sp³-hybridized carbons (Fsp3) is 0.308. The van der Waals surface area contributed by atoms with E-state index in [9.17, 15) is 19.2 Å². The van der Waals surface area contributed by atoms with Crippen LogP contribution in [0.15, 0.2) is 45.6 Å². The first-order valence-corrected chi connectivity index (χ1v) is 11.5. The average molecular weight is 496 g/mol. The summed E-state index contributed by atoms with van der Waals surface area (Å²) in [6.07, 6.45) is 1.27. The summed E-state index contributed by atoms with van der Waals surface area (Å²) in [5.41, 5.74) is 7.50. The van der Waals surface area contributed by atoms with E-state index in [4.69, 9.17) is 20.0 Å². The SMILES string of the molecule is CCCc1c(OC)ccc2cc(C(=O)Nc3ccc(NC(=O)[C@H](N)CCC(=O)O)cc3C)c(=O)oc12. The predicted molar refractivity (Wildman–Crippen MR) is 136 cm³/mol. The zero-order valence-corrected chi connectivity index (χ0v) is 20.3. The van der Waals surface area contributed by atoms with Crippen molar-refractivity contribution in [2.24, 2.45) is 5.73 Å². The summed E-state index contributed by atoms with van der Waals surface area (Å²) in [5.74, 6) is -1.56. The second-order valence-corrected chi connectivity index (χ2v) is 8.37. The zero-order valence-electron chi connectivity index (χ0n) is 20.3. The highest BCUT2D eigenvalue weighted by molar-refractivity contribution is 6.06. The van der Waals surface area contributed by atoms with Crippen LogP contribution in [-0.2, 0) is 16.0 Å². The van der Waals surface area contributed by atoms with E-state index in [2.05, 4.69) is 10.6 Å². The second-order valence-electron chi connectivity index (χ2n) is 8.37. The van der Waals surface area contributed by atoms with Crippen LogP contribution >= 0.6 is 0 Å². The first-order valence-electron chi connectivity index (χ1n) is 11.5. The Morgan fingerprint density at radius 1 is 1.14 bits per heavy atom. The maximum Gasteiger partial charge on any atom is 0.349 e. The van der Waals surface area contributed by atoms with E-state index in [0.29, 0.717) is 40.1 Å². The van der Waals surface area contributed by atoms with Gasteiger partial charge in [0.25, 0.3) is 5.91 Å². The number of rotatable bonds is 10. The summed E-state index contributed by atoms with van der Waals surface area (Å²) in [5, 5.41) is 14.7. The van der Waals surface area contributed by atoms with Crippen LogP contribution in [0.5, 0.6) is 5.75 Å². The standard InChI is InChI=1S/C26H29N3O7/c1-4-5-17-21(35-3)10-6-15-13-18(26(34)36-23(15)17)24(32)29-20-9-7-16(12-14(20)2)28-25(33)19(27)8-11-22(30)31/h6-7,9-10,12-13,19H,4-5,8,11,27H2,1-3H3,(H,28,33)(H,29,32)(H,30,31)/t19-/m1/s1. The first kappa shape index (κ1) is 26.4. The number of aryl methyl sites for hydroxylation is 2. The van der Waals surface area contributed by atoms with Crippen LogP contribution in [0.1, 0.15) is 47.7 Å². The summed E-state index contributed by atoms with van der Waals surface area (Å²) in [6, 6.07) is 8.82. The van der Waals surface area contributed by atoms with Crippen LogP contribution in [0, 0.1) is 6.92 Å². The number of nitrogens with two attached hydrogens (primary N) is 1. The second kappa shape index (κ2) is 11.5. The smallest absolute Gasteiger partial charge is 0.349 e. The van der Waals surface area contributed by atoms with Gasteiger partial charge < -0.3 is 30.6 Å². The monoisotopic (exact) mass is 495 g/mol. The number of amides is 2. The minimum Gasteiger partial charge on any atom is -0.496 e. The topological polar surface area (TPSA) is 161 Å². The molecular weight excluding hydrogens is 466 g/mol. The third-order valence-corrected chi connectivity index (χ3v) is 5.68. The number of aliphatic carboxylic acids is 1. The zero-order chi connectivity index (χ0) is 26.4. The van der Waals surface area contributed by atoms with Crippen molar-refractivity contribution in [3.8, 4) is 5.75 Å². The van der Waals surface area contributed by atoms with Gasteiger partial charge in [-0.3, -0.25) is 14.4 Å². The molecule has 0 spiro atoms. The minimum absolute atomic E-state index is 0.00927. The number of nitrogens with one attached hydrogen (secondary N) is 2. The molecule has 5 N–H and O–H groups in total. The van der Waals surface area contributed by atoms with Gasteiger partial charge in [0.2, 0.25) is 5.91 Å². The third-order valence-electron chi connectivity index (χ3n) is 5.68. The highest BCUT2D eigenvalue weighted by atomic mass is 16.5. The van der Waals surface area contributed by atoms with Gasteiger partial charge in [0.05, 0.1) is 13.2 Å². The number of ether oxygens (including phenoxy) is 1. The quantitative estimate of drug-likeness (QED) is 0.311. The molecule has 0 unspecified atom stereocenters. The number of methoxy groups -OCH3 is 1. The van der Waals surface area contributed by atoms with E-state index in [1.807, 2.05) is 6.92 Å². The number of anilines is 2. The highest BCUT2D eigenvalue weighted by Gasteiger charge is 2.19. The number of carbonyl (C=O) groups excluding carboxylic acids is 2. The number of benzene rings is 2. The molecule has 10 heteroatoms. The molecule has 0 aliphatic heterocycles. The molecule has 2 aromatic carbocycles. The molecule has 1 aromatic heterocycles. The van der Waals surface area contributed by atoms with Crippen molar-refractivity contribution >= 4 is 40.1 Å². The largest absolute Gasteiger partial charge is 0.496 e. The third kappa shape index (κ3) is 6.08. The lowest BCUT2D eigenvalue weighted by Crippen LogP contribution is -2.36. The Bertz CT molecular complexity index is 1360. The fourth-order valence-electron chi connectivity index (χ4n) is 3.78. The van der Waals surface area contributed by atoms with Crippen molar-refractivity contribution < 1.29 is 28.6 Å². The maximum absolute atomic E-state index is 12.9. The van der Waals surface area contributed by atoms with Gasteiger partial charge in [-0.05, 0) is 61.7 Å². The molecule has 2 amide bonds. The molecule has 190 valence electrons. The molecule has 3 aromatic rings. The van der Waals surface area contributed by atoms with Crippen LogP contribution in [0.3, 0.4) is 0 Å². The van der Waals surface area contributed by atoms with E-state index < -0.39 is 29.5 Å². The molecule has 0 aliphatic rings. The lowest BCUT2D eigenvalue weighted by Gasteiger charge is -2.14. The number of carboxylic acids is 1. The van der Waals surface area contributed by atoms with E-state index >= 15 is 0 Å². The Morgan fingerprint density at radius 2 is 1.89 bits per heavy atom. The molecule has 1 atom stereocenters. The van der Waals surface area contributed by atoms with Gasteiger partial charge in [-0.25, -0.2) is 4.79 Å². The van der Waals surface area contributed by atoms with E-state index in [0.717, 1.165) is 12.0 Å². The van der Waals surface area contributed by atoms with Crippen LogP contribution in [0.2, 0.25) is 0 Å². The maximum atomic E-state index is 12.9. The van der Waals surface area contributed by atoms with Crippen LogP contribution in [0.25, 0.3) is 11.0 Å². The van der Waals surface area contributed by atoms with Gasteiger partial charge in [-0.1, -0.05) is 13.3 Å². The number of hydrogen-bond acceptors (Lipinski definition) is 7. The van der Waals surface area contributed by atoms with Gasteiger partial charge in [0, 0.05) is 28.7 Å². The van der Waals surface area contributed by atoms with Crippen LogP contribution in [0.4, 0.5) is 11.4 Å². The summed E-state index contributed by atoms with van der Waals surface area (Å²) in [6.45, 7) is 3.73. The summed E-state index contributed by atoms with van der Waals surface area (Å²) >= 11 is 0. The molecule has 0 bridgehead atoms. The Morgan fingerprint density at radius 3 is 2.53 bits per heavy atom. The number of hydrogen-bond donors (Lipinski definition) is 4. The van der Waals surface area contributed by atoms with Crippen LogP contribution < -0.4 is 26.7 Å². The Balaban J connectivity index is 1.78. The number of carboxylic acid groups (broad SMARTS) is 1. The van der Waals surface area contributed by atoms with Crippen molar-refractivity contribution in [2.75, 3.05) is 17.7 Å². The fourth-order valence-corrected chi connectivity index (χ4v) is 3.78. The van der Waals surface area contributed by atoms with Gasteiger partial charge in [0.15, 0.2) is 0 Å². The van der Waals surface area contributed by atoms with Crippen molar-refractivity contribution in [3.63, 3.8) is 0 Å². The van der Waals surface area contributed by atoms with E-state index in [1.54, 1.807) is 44.4 Å².